The zero-order valence-corrected chi connectivity index (χ0v) is 53.6. The Morgan fingerprint density at radius 2 is 0.488 bits per heavy atom. The van der Waals surface area contributed by atoms with Crippen LogP contribution in [0.1, 0.15) is 258 Å². The van der Waals surface area contributed by atoms with E-state index < -0.39 is 6.10 Å². The third-order valence-electron chi connectivity index (χ3n) is 13.6. The normalized spacial score (nSPS) is 13.6. The molecule has 0 spiro atoms. The first-order valence-electron chi connectivity index (χ1n) is 33.6. The van der Waals surface area contributed by atoms with Crippen LogP contribution >= 0.6 is 0 Å². The van der Waals surface area contributed by atoms with Crippen molar-refractivity contribution in [3.05, 3.63) is 207 Å². The van der Waals surface area contributed by atoms with Gasteiger partial charge in [0.25, 0.3) is 0 Å². The summed E-state index contributed by atoms with van der Waals surface area (Å²) in [5.74, 6) is -0.671. The van der Waals surface area contributed by atoms with Crippen molar-refractivity contribution < 1.29 is 24.2 Å². The number of hydrogen-bond donors (Lipinski definition) is 1. The number of hydrogen-bond acceptors (Lipinski definition) is 5. The Kier molecular flexibility index (Phi) is 67.0. The van der Waals surface area contributed by atoms with Gasteiger partial charge in [-0.05, 0) is 141 Å². The van der Waals surface area contributed by atoms with E-state index in [4.69, 9.17) is 9.47 Å². The molecule has 0 saturated carbocycles. The largest absolute Gasteiger partial charge is 0.462 e. The Bertz CT molecular complexity index is 1980. The molecule has 0 fully saturated rings. The number of aliphatic hydroxyl groups is 1. The van der Waals surface area contributed by atoms with Gasteiger partial charge in [0.15, 0.2) is 6.10 Å². The van der Waals surface area contributed by atoms with Gasteiger partial charge < -0.3 is 14.6 Å². The van der Waals surface area contributed by atoms with Gasteiger partial charge >= 0.3 is 11.9 Å². The topological polar surface area (TPSA) is 72.8 Å². The summed E-state index contributed by atoms with van der Waals surface area (Å²) < 4.78 is 10.7. The quantitative estimate of drug-likeness (QED) is 0.0373. The van der Waals surface area contributed by atoms with Crippen molar-refractivity contribution in [2.75, 3.05) is 13.2 Å². The SMILES string of the molecule is CC/C=C\C/C=C\C/C=C\C/C=C\C/C=C\C/C=C\C/C=C\C/C=C\C/C=C\CCCC(=O)OC(CO)COC(=O)CCCCCCCCCCCCCCCCCC/C=C\C/C=C\C/C=C\C/C=C\C/C=C\C/C=C\C/C=C\C/C=C\CC. The van der Waals surface area contributed by atoms with Crippen molar-refractivity contribution in [1.29, 1.82) is 0 Å². The van der Waals surface area contributed by atoms with Crippen LogP contribution in [0.3, 0.4) is 0 Å². The van der Waals surface area contributed by atoms with E-state index in [9.17, 15) is 14.7 Å². The Hall–Kier alpha value is -5.52. The first-order valence-corrected chi connectivity index (χ1v) is 33.6. The van der Waals surface area contributed by atoms with E-state index in [-0.39, 0.29) is 31.6 Å². The third kappa shape index (κ3) is 69.0. The summed E-state index contributed by atoms with van der Waals surface area (Å²) in [5.41, 5.74) is 0. The average molecular weight is 1150 g/mol. The smallest absolute Gasteiger partial charge is 0.306 e. The molecule has 0 bridgehead atoms. The third-order valence-corrected chi connectivity index (χ3v) is 13.6. The summed E-state index contributed by atoms with van der Waals surface area (Å²) in [6.07, 6.45) is 116. The number of rotatable bonds is 59. The fourth-order valence-corrected chi connectivity index (χ4v) is 8.63. The molecular formula is C79H122O5. The highest BCUT2D eigenvalue weighted by Gasteiger charge is 2.16. The molecule has 0 aliphatic carbocycles. The van der Waals surface area contributed by atoms with Gasteiger partial charge in [-0.25, -0.2) is 0 Å². The van der Waals surface area contributed by atoms with Crippen LogP contribution in [0.5, 0.6) is 0 Å². The Balaban J connectivity index is 3.61. The lowest BCUT2D eigenvalue weighted by Gasteiger charge is -2.15. The fourth-order valence-electron chi connectivity index (χ4n) is 8.63. The summed E-state index contributed by atoms with van der Waals surface area (Å²) >= 11 is 0. The summed E-state index contributed by atoms with van der Waals surface area (Å²) in [6, 6.07) is 0. The maximum atomic E-state index is 12.3. The van der Waals surface area contributed by atoms with Gasteiger partial charge in [0.05, 0.1) is 6.61 Å². The van der Waals surface area contributed by atoms with Gasteiger partial charge in [-0.3, -0.25) is 9.59 Å². The molecule has 468 valence electrons. The summed E-state index contributed by atoms with van der Waals surface area (Å²) in [7, 11) is 0. The zero-order chi connectivity index (χ0) is 60.5. The molecule has 0 aliphatic heterocycles. The van der Waals surface area contributed by atoms with E-state index in [1.54, 1.807) is 0 Å². The molecule has 5 nitrogen and oxygen atoms in total. The predicted molar refractivity (Wildman–Crippen MR) is 370 cm³/mol. The van der Waals surface area contributed by atoms with E-state index in [0.717, 1.165) is 135 Å². The Labute approximate surface area is 517 Å². The molecule has 84 heavy (non-hydrogen) atoms. The molecule has 0 saturated heterocycles. The van der Waals surface area contributed by atoms with Crippen LogP contribution in [0, 0.1) is 0 Å². The number of esters is 2. The van der Waals surface area contributed by atoms with Crippen LogP contribution in [0.2, 0.25) is 0 Å². The minimum Gasteiger partial charge on any atom is -0.462 e. The molecule has 0 heterocycles. The monoisotopic (exact) mass is 1150 g/mol. The molecule has 0 amide bonds. The lowest BCUT2D eigenvalue weighted by atomic mass is 10.0. The summed E-state index contributed by atoms with van der Waals surface area (Å²) in [4.78, 5) is 24.6. The van der Waals surface area contributed by atoms with Gasteiger partial charge in [-0.15, -0.1) is 0 Å². The molecule has 0 aliphatic rings. The van der Waals surface area contributed by atoms with Crippen molar-refractivity contribution in [1.82, 2.24) is 0 Å². The second kappa shape index (κ2) is 71.7. The molecule has 5 heteroatoms. The highest BCUT2D eigenvalue weighted by atomic mass is 16.6. The second-order valence-corrected chi connectivity index (χ2v) is 21.4. The fraction of sp³-hybridized carbons (Fsp3) is 0.544. The number of allylic oxidation sites excluding steroid dienone is 34. The maximum Gasteiger partial charge on any atom is 0.306 e. The molecule has 0 rings (SSSR count). The van der Waals surface area contributed by atoms with Crippen LogP contribution < -0.4 is 0 Å². The van der Waals surface area contributed by atoms with Crippen molar-refractivity contribution >= 4 is 11.9 Å². The van der Waals surface area contributed by atoms with Gasteiger partial charge in [-0.1, -0.05) is 310 Å². The lowest BCUT2D eigenvalue weighted by molar-refractivity contribution is -0.161. The number of carbonyl (C=O) groups excluding carboxylic acids is 2. The van der Waals surface area contributed by atoms with Gasteiger partial charge in [0.2, 0.25) is 0 Å². The van der Waals surface area contributed by atoms with Crippen molar-refractivity contribution in [2.24, 2.45) is 0 Å². The maximum absolute atomic E-state index is 12.3. The number of ether oxygens (including phenoxy) is 2. The van der Waals surface area contributed by atoms with Crippen LogP contribution in [0.25, 0.3) is 0 Å². The minimum atomic E-state index is -0.819. The van der Waals surface area contributed by atoms with E-state index in [0.29, 0.717) is 12.8 Å². The molecule has 0 aromatic carbocycles. The average Bonchev–Trinajstić information content (AvgIpc) is 3.51. The Morgan fingerprint density at radius 3 is 0.750 bits per heavy atom. The highest BCUT2D eigenvalue weighted by molar-refractivity contribution is 5.70. The van der Waals surface area contributed by atoms with Crippen molar-refractivity contribution in [2.45, 2.75) is 264 Å². The van der Waals surface area contributed by atoms with Crippen LogP contribution in [-0.2, 0) is 19.1 Å². The first-order chi connectivity index (χ1) is 41.6. The predicted octanol–water partition coefficient (Wildman–Crippen LogP) is 23.8. The van der Waals surface area contributed by atoms with Crippen molar-refractivity contribution in [3.8, 4) is 0 Å². The van der Waals surface area contributed by atoms with Gasteiger partial charge in [0, 0.05) is 12.8 Å². The summed E-state index contributed by atoms with van der Waals surface area (Å²) in [5, 5.41) is 9.68. The van der Waals surface area contributed by atoms with Crippen LogP contribution in [0.15, 0.2) is 207 Å². The van der Waals surface area contributed by atoms with E-state index in [2.05, 4.69) is 220 Å². The number of aliphatic hydroxyl groups excluding tert-OH is 1. The molecule has 1 N–H and O–H groups in total. The Morgan fingerprint density at radius 1 is 0.274 bits per heavy atom. The standard InChI is InChI=1S/C79H122O5/c1-3-5-7-9-11-13-15-17-19-21-23-25-27-29-31-33-34-35-36-37-38-39-40-41-42-43-44-46-47-49-51-53-55-57-59-61-63-65-67-69-71-73-78(81)83-76-77(75-80)84-79(82)74-72-70-68-66-64-62-60-58-56-54-52-50-48-45-32-30-28-26-24-22-20-18-16-14-12-10-8-6-4-2/h5-8,11-14,17-20,23-26,29-32,34-35,37-38,40-41,48,50,54,56,60,62,66,68,77,80H,3-4,9-10,15-16,21-22,27-28,33,36,39,42-47,49,51-53,55,57-59,61,63-65,67,69-76H2,1-2H3/b7-5-,8-6-,13-11-,14-12-,19-17-,20-18-,25-23-,26-24-,31-29-,32-30-,35-34-,38-37-,41-40-,50-48-,56-54-,62-60-,68-66-. The van der Waals surface area contributed by atoms with E-state index in [1.165, 1.54) is 89.9 Å². The van der Waals surface area contributed by atoms with E-state index in [1.807, 2.05) is 0 Å². The molecular weight excluding hydrogens is 1030 g/mol. The lowest BCUT2D eigenvalue weighted by Crippen LogP contribution is -2.28. The number of carbonyl (C=O) groups is 2. The first kappa shape index (κ1) is 78.5. The number of unbranched alkanes of at least 4 members (excludes halogenated alkanes) is 17. The highest BCUT2D eigenvalue weighted by Crippen LogP contribution is 2.15. The van der Waals surface area contributed by atoms with Gasteiger partial charge in [0.1, 0.15) is 6.61 Å². The zero-order valence-electron chi connectivity index (χ0n) is 53.6. The molecule has 0 radical (unpaired) electrons. The molecule has 1 unspecified atom stereocenters. The van der Waals surface area contributed by atoms with Crippen LogP contribution in [-0.4, -0.2) is 36.4 Å². The van der Waals surface area contributed by atoms with Crippen molar-refractivity contribution in [3.63, 3.8) is 0 Å². The minimum absolute atomic E-state index is 0.101. The van der Waals surface area contributed by atoms with Gasteiger partial charge in [-0.2, -0.15) is 0 Å². The van der Waals surface area contributed by atoms with E-state index >= 15 is 0 Å². The second-order valence-electron chi connectivity index (χ2n) is 21.4. The molecule has 1 atom stereocenters. The molecule has 0 aromatic rings. The summed E-state index contributed by atoms with van der Waals surface area (Å²) in [6.45, 7) is 3.86. The van der Waals surface area contributed by atoms with Crippen LogP contribution in [0.4, 0.5) is 0 Å². The molecule has 0 aromatic heterocycles.